The molecule has 2 heterocycles. The Balaban J connectivity index is 2.22. The third-order valence-electron chi connectivity index (χ3n) is 2.75. The molecule has 2 rings (SSSR count). The van der Waals surface area contributed by atoms with Crippen LogP contribution in [0.4, 0.5) is 0 Å². The van der Waals surface area contributed by atoms with Crippen molar-refractivity contribution in [3.8, 4) is 0 Å². The Hall–Kier alpha value is -1.03. The van der Waals surface area contributed by atoms with E-state index in [2.05, 4.69) is 17.2 Å². The Labute approximate surface area is 116 Å². The van der Waals surface area contributed by atoms with Crippen molar-refractivity contribution in [2.24, 2.45) is 0 Å². The van der Waals surface area contributed by atoms with Crippen LogP contribution >= 0.6 is 23.2 Å². The molecule has 0 bridgehead atoms. The van der Waals surface area contributed by atoms with Gasteiger partial charge in [0.2, 0.25) is 0 Å². The molecule has 96 valence electrons. The predicted molar refractivity (Wildman–Crippen MR) is 73.1 cm³/mol. The normalized spacial score (nSPS) is 12.6. The quantitative estimate of drug-likeness (QED) is 0.906. The first-order valence-electron chi connectivity index (χ1n) is 5.77. The summed E-state index contributed by atoms with van der Waals surface area (Å²) in [7, 11) is 0. The monoisotopic (exact) mass is 284 g/mol. The number of pyridine rings is 1. The molecule has 18 heavy (non-hydrogen) atoms. The summed E-state index contributed by atoms with van der Waals surface area (Å²) < 4.78 is 5.14. The summed E-state index contributed by atoms with van der Waals surface area (Å²) in [6, 6.07) is 3.88. The molecular formula is C13H14Cl2N2O. The molecule has 0 amide bonds. The summed E-state index contributed by atoms with van der Waals surface area (Å²) in [6.07, 6.45) is 5.72. The maximum absolute atomic E-state index is 6.12. The number of hydrogen-bond donors (Lipinski definition) is 1. The van der Waals surface area contributed by atoms with E-state index >= 15 is 0 Å². The predicted octanol–water partition coefficient (Wildman–Crippen LogP) is 3.87. The molecule has 1 atom stereocenters. The van der Waals surface area contributed by atoms with E-state index in [9.17, 15) is 0 Å². The number of nitrogens with zero attached hydrogens (tertiary/aromatic N) is 1. The molecule has 0 saturated heterocycles. The zero-order chi connectivity index (χ0) is 13.0. The Bertz CT molecular complexity index is 513. The smallest absolute Gasteiger partial charge is 0.197 e. The fourth-order valence-corrected chi connectivity index (χ4v) is 2.32. The number of hydrogen-bond acceptors (Lipinski definition) is 3. The van der Waals surface area contributed by atoms with Gasteiger partial charge in [0, 0.05) is 24.0 Å². The highest BCUT2D eigenvalue weighted by atomic mass is 35.5. The lowest BCUT2D eigenvalue weighted by Gasteiger charge is -2.17. The first-order chi connectivity index (χ1) is 8.72. The third-order valence-corrected chi connectivity index (χ3v) is 3.40. The van der Waals surface area contributed by atoms with E-state index in [1.165, 1.54) is 0 Å². The fraction of sp³-hybridized carbons (Fsp3) is 0.308. The highest BCUT2D eigenvalue weighted by molar-refractivity contribution is 6.31. The number of halogens is 2. The second-order valence-electron chi connectivity index (χ2n) is 3.93. The van der Waals surface area contributed by atoms with Crippen molar-refractivity contribution in [3.05, 3.63) is 52.2 Å². The van der Waals surface area contributed by atoms with Gasteiger partial charge in [0.15, 0.2) is 5.22 Å². The molecule has 2 aromatic rings. The van der Waals surface area contributed by atoms with E-state index in [1.54, 1.807) is 18.7 Å². The molecule has 2 aromatic heterocycles. The van der Waals surface area contributed by atoms with Crippen LogP contribution in [-0.2, 0) is 6.42 Å². The van der Waals surface area contributed by atoms with Gasteiger partial charge in [-0.05, 0) is 42.3 Å². The second kappa shape index (κ2) is 6.23. The van der Waals surface area contributed by atoms with Crippen molar-refractivity contribution in [3.63, 3.8) is 0 Å². The van der Waals surface area contributed by atoms with Crippen LogP contribution in [0.25, 0.3) is 0 Å². The zero-order valence-electron chi connectivity index (χ0n) is 9.99. The zero-order valence-corrected chi connectivity index (χ0v) is 11.5. The van der Waals surface area contributed by atoms with Crippen LogP contribution in [-0.4, -0.2) is 11.5 Å². The lowest BCUT2D eigenvalue weighted by molar-refractivity contribution is 0.526. The molecule has 0 saturated carbocycles. The van der Waals surface area contributed by atoms with E-state index in [0.717, 1.165) is 24.1 Å². The lowest BCUT2D eigenvalue weighted by Crippen LogP contribution is -2.23. The number of aromatic nitrogens is 1. The van der Waals surface area contributed by atoms with Crippen LogP contribution in [0.3, 0.4) is 0 Å². The molecule has 0 spiro atoms. The number of likely N-dealkylation sites (N-methyl/N-ethyl adjacent to an activating group) is 1. The highest BCUT2D eigenvalue weighted by Crippen LogP contribution is 2.28. The molecule has 0 aliphatic heterocycles. The first-order valence-corrected chi connectivity index (χ1v) is 6.52. The van der Waals surface area contributed by atoms with Crippen molar-refractivity contribution in [2.75, 3.05) is 6.54 Å². The molecule has 3 nitrogen and oxygen atoms in total. The topological polar surface area (TPSA) is 38.1 Å². The van der Waals surface area contributed by atoms with Crippen LogP contribution in [0.5, 0.6) is 0 Å². The Morgan fingerprint density at radius 3 is 2.83 bits per heavy atom. The van der Waals surface area contributed by atoms with Gasteiger partial charge >= 0.3 is 0 Å². The standard InChI is InChI=1S/C13H14Cl2N2O/c1-2-17-12(10-4-6-18-13(10)15)7-9-3-5-16-8-11(9)14/h3-6,8,12,17H,2,7H2,1H3. The van der Waals surface area contributed by atoms with Crippen LogP contribution < -0.4 is 5.32 Å². The first kappa shape index (κ1) is 13.4. The van der Waals surface area contributed by atoms with E-state index in [1.807, 2.05) is 12.1 Å². The fourth-order valence-electron chi connectivity index (χ4n) is 1.88. The van der Waals surface area contributed by atoms with E-state index in [0.29, 0.717) is 10.2 Å². The van der Waals surface area contributed by atoms with E-state index in [4.69, 9.17) is 27.6 Å². The summed E-state index contributed by atoms with van der Waals surface area (Å²) in [4.78, 5) is 3.98. The van der Waals surface area contributed by atoms with E-state index in [-0.39, 0.29) is 6.04 Å². The summed E-state index contributed by atoms with van der Waals surface area (Å²) in [5.74, 6) is 0. The molecule has 1 N–H and O–H groups in total. The molecular weight excluding hydrogens is 271 g/mol. The highest BCUT2D eigenvalue weighted by Gasteiger charge is 2.17. The third kappa shape index (κ3) is 3.05. The minimum atomic E-state index is 0.0844. The van der Waals surface area contributed by atoms with Crippen LogP contribution in [0.2, 0.25) is 10.2 Å². The van der Waals surface area contributed by atoms with Gasteiger partial charge in [-0.1, -0.05) is 18.5 Å². The molecule has 0 fully saturated rings. The molecule has 0 aliphatic rings. The summed E-state index contributed by atoms with van der Waals surface area (Å²) >= 11 is 12.1. The Kier molecular flexibility index (Phi) is 4.64. The molecule has 1 unspecified atom stereocenters. The molecule has 0 aliphatic carbocycles. The van der Waals surface area contributed by atoms with Crippen LogP contribution in [0, 0.1) is 0 Å². The number of rotatable bonds is 5. The average molecular weight is 285 g/mol. The van der Waals surface area contributed by atoms with Crippen molar-refractivity contribution in [1.82, 2.24) is 10.3 Å². The van der Waals surface area contributed by atoms with E-state index < -0.39 is 0 Å². The maximum atomic E-state index is 6.12. The number of furan rings is 1. The van der Waals surface area contributed by atoms with Gasteiger partial charge in [-0.15, -0.1) is 0 Å². The SMILES string of the molecule is CCNC(Cc1ccncc1Cl)c1ccoc1Cl. The summed E-state index contributed by atoms with van der Waals surface area (Å²) in [6.45, 7) is 2.89. The van der Waals surface area contributed by atoms with Gasteiger partial charge in [-0.3, -0.25) is 4.98 Å². The van der Waals surface area contributed by atoms with Gasteiger partial charge in [0.1, 0.15) is 0 Å². The van der Waals surface area contributed by atoms with Crippen LogP contribution in [0.1, 0.15) is 24.1 Å². The minimum Gasteiger partial charge on any atom is -0.453 e. The Morgan fingerprint density at radius 1 is 1.39 bits per heavy atom. The molecule has 0 aromatic carbocycles. The Morgan fingerprint density at radius 2 is 2.22 bits per heavy atom. The van der Waals surface area contributed by atoms with Gasteiger partial charge < -0.3 is 9.73 Å². The molecule has 0 radical (unpaired) electrons. The lowest BCUT2D eigenvalue weighted by atomic mass is 10.0. The molecule has 5 heteroatoms. The average Bonchev–Trinajstić information content (AvgIpc) is 2.78. The summed E-state index contributed by atoms with van der Waals surface area (Å²) in [5.41, 5.74) is 1.99. The van der Waals surface area contributed by atoms with Crippen molar-refractivity contribution in [1.29, 1.82) is 0 Å². The summed E-state index contributed by atoms with van der Waals surface area (Å²) in [5, 5.41) is 4.47. The van der Waals surface area contributed by atoms with Gasteiger partial charge in [-0.2, -0.15) is 0 Å². The maximum Gasteiger partial charge on any atom is 0.197 e. The van der Waals surface area contributed by atoms with Gasteiger partial charge in [0.25, 0.3) is 0 Å². The van der Waals surface area contributed by atoms with Crippen molar-refractivity contribution in [2.45, 2.75) is 19.4 Å². The van der Waals surface area contributed by atoms with Crippen molar-refractivity contribution >= 4 is 23.2 Å². The number of nitrogens with one attached hydrogen (secondary N) is 1. The van der Waals surface area contributed by atoms with Crippen molar-refractivity contribution < 1.29 is 4.42 Å². The minimum absolute atomic E-state index is 0.0844. The van der Waals surface area contributed by atoms with Gasteiger partial charge in [-0.25, -0.2) is 0 Å². The van der Waals surface area contributed by atoms with Gasteiger partial charge in [0.05, 0.1) is 11.3 Å². The largest absolute Gasteiger partial charge is 0.453 e. The van der Waals surface area contributed by atoms with Crippen LogP contribution in [0.15, 0.2) is 35.2 Å². The second-order valence-corrected chi connectivity index (χ2v) is 4.68.